The van der Waals surface area contributed by atoms with E-state index in [1.807, 2.05) is 49.4 Å². The Balaban J connectivity index is 1.67. The van der Waals surface area contributed by atoms with E-state index in [-0.39, 0.29) is 0 Å². The molecule has 0 unspecified atom stereocenters. The van der Waals surface area contributed by atoms with Crippen molar-refractivity contribution >= 4 is 12.1 Å². The lowest BCUT2D eigenvalue weighted by Gasteiger charge is -2.09. The fraction of sp³-hybridized carbons (Fsp3) is 0.190. The van der Waals surface area contributed by atoms with Crippen LogP contribution in [0.3, 0.4) is 0 Å². The van der Waals surface area contributed by atoms with Gasteiger partial charge in [0.1, 0.15) is 11.4 Å². The van der Waals surface area contributed by atoms with Crippen LogP contribution in [-0.4, -0.2) is 43.1 Å². The highest BCUT2D eigenvalue weighted by molar-refractivity contribution is 5.94. The minimum Gasteiger partial charge on any atom is -0.497 e. The molecule has 0 bridgehead atoms. The van der Waals surface area contributed by atoms with E-state index in [1.54, 1.807) is 26.5 Å². The van der Waals surface area contributed by atoms with Gasteiger partial charge in [0.2, 0.25) is 0 Å². The van der Waals surface area contributed by atoms with Crippen molar-refractivity contribution in [3.63, 3.8) is 0 Å². The lowest BCUT2D eigenvalue weighted by atomic mass is 10.1. The standard InChI is InChI=1S/C21H22N4O4/c1-4-29-19-10-7-15(11-20(19)28-3)17-12-18(24-23-17)21(26)25-22-13-14-5-8-16(27-2)9-6-14/h5-13H,4H2,1-3H3,(H,23,24)(H,25,26)/b22-13-. The summed E-state index contributed by atoms with van der Waals surface area (Å²) >= 11 is 0. The molecule has 150 valence electrons. The maximum atomic E-state index is 12.3. The Kier molecular flexibility index (Phi) is 6.47. The molecule has 0 radical (unpaired) electrons. The predicted octanol–water partition coefficient (Wildman–Crippen LogP) is 3.26. The fourth-order valence-electron chi connectivity index (χ4n) is 2.60. The minimum atomic E-state index is -0.397. The number of methoxy groups -OCH3 is 2. The number of benzene rings is 2. The number of hydrazone groups is 1. The molecule has 8 heteroatoms. The molecule has 3 rings (SSSR count). The third-order valence-electron chi connectivity index (χ3n) is 4.08. The number of aromatic nitrogens is 2. The van der Waals surface area contributed by atoms with E-state index in [2.05, 4.69) is 20.7 Å². The molecule has 0 aliphatic heterocycles. The van der Waals surface area contributed by atoms with Gasteiger partial charge in [-0.2, -0.15) is 10.2 Å². The van der Waals surface area contributed by atoms with Crippen LogP contribution in [-0.2, 0) is 0 Å². The molecule has 29 heavy (non-hydrogen) atoms. The lowest BCUT2D eigenvalue weighted by molar-refractivity contribution is 0.0950. The van der Waals surface area contributed by atoms with Gasteiger partial charge in [-0.05, 0) is 61.0 Å². The summed E-state index contributed by atoms with van der Waals surface area (Å²) in [6.07, 6.45) is 1.55. The number of hydrogen-bond donors (Lipinski definition) is 2. The van der Waals surface area contributed by atoms with Crippen molar-refractivity contribution in [2.45, 2.75) is 6.92 Å². The normalized spacial score (nSPS) is 10.7. The van der Waals surface area contributed by atoms with E-state index >= 15 is 0 Å². The van der Waals surface area contributed by atoms with Gasteiger partial charge in [0.25, 0.3) is 5.91 Å². The van der Waals surface area contributed by atoms with E-state index in [1.165, 1.54) is 0 Å². The van der Waals surface area contributed by atoms with E-state index in [9.17, 15) is 4.79 Å². The molecule has 2 aromatic carbocycles. The van der Waals surface area contributed by atoms with Crippen LogP contribution < -0.4 is 19.6 Å². The van der Waals surface area contributed by atoms with Gasteiger partial charge in [-0.15, -0.1) is 0 Å². The highest BCUT2D eigenvalue weighted by Crippen LogP contribution is 2.32. The van der Waals surface area contributed by atoms with Crippen LogP contribution in [0, 0.1) is 0 Å². The summed E-state index contributed by atoms with van der Waals surface area (Å²) in [6, 6.07) is 14.4. The number of rotatable bonds is 8. The zero-order chi connectivity index (χ0) is 20.6. The first kappa shape index (κ1) is 19.9. The number of nitrogens with zero attached hydrogens (tertiary/aromatic N) is 2. The van der Waals surface area contributed by atoms with Gasteiger partial charge in [0.05, 0.1) is 32.7 Å². The van der Waals surface area contributed by atoms with E-state index in [4.69, 9.17) is 14.2 Å². The monoisotopic (exact) mass is 394 g/mol. The molecule has 1 aromatic heterocycles. The summed E-state index contributed by atoms with van der Waals surface area (Å²) in [5.74, 6) is 1.61. The summed E-state index contributed by atoms with van der Waals surface area (Å²) in [6.45, 7) is 2.45. The van der Waals surface area contributed by atoms with Gasteiger partial charge < -0.3 is 14.2 Å². The van der Waals surface area contributed by atoms with Crippen molar-refractivity contribution in [1.82, 2.24) is 15.6 Å². The molecule has 3 aromatic rings. The molecule has 0 aliphatic rings. The van der Waals surface area contributed by atoms with Crippen LogP contribution in [0.15, 0.2) is 53.6 Å². The van der Waals surface area contributed by atoms with Crippen LogP contribution in [0.4, 0.5) is 0 Å². The van der Waals surface area contributed by atoms with Crippen molar-refractivity contribution < 1.29 is 19.0 Å². The number of carbonyl (C=O) groups excluding carboxylic acids is 1. The number of ether oxygens (including phenoxy) is 3. The Labute approximate surface area is 168 Å². The summed E-state index contributed by atoms with van der Waals surface area (Å²) in [4.78, 5) is 12.3. The summed E-state index contributed by atoms with van der Waals surface area (Å²) in [5, 5.41) is 10.9. The molecular weight excluding hydrogens is 372 g/mol. The summed E-state index contributed by atoms with van der Waals surface area (Å²) in [5.41, 5.74) is 5.00. The van der Waals surface area contributed by atoms with Crippen LogP contribution in [0.2, 0.25) is 0 Å². The summed E-state index contributed by atoms with van der Waals surface area (Å²) < 4.78 is 16.0. The number of hydrogen-bond acceptors (Lipinski definition) is 6. The van der Waals surface area contributed by atoms with Crippen molar-refractivity contribution in [1.29, 1.82) is 0 Å². The third-order valence-corrected chi connectivity index (χ3v) is 4.08. The van der Waals surface area contributed by atoms with Gasteiger partial charge >= 0.3 is 0 Å². The minimum absolute atomic E-state index is 0.291. The zero-order valence-corrected chi connectivity index (χ0v) is 16.4. The fourth-order valence-corrected chi connectivity index (χ4v) is 2.60. The SMILES string of the molecule is CCOc1ccc(-c2cc(C(=O)N/N=C\c3ccc(OC)cc3)[nH]n2)cc1OC. The van der Waals surface area contributed by atoms with E-state index in [0.717, 1.165) is 16.9 Å². The number of aromatic amines is 1. The maximum Gasteiger partial charge on any atom is 0.289 e. The first-order valence-electron chi connectivity index (χ1n) is 8.98. The molecule has 0 fully saturated rings. The second-order valence-electron chi connectivity index (χ2n) is 5.94. The van der Waals surface area contributed by atoms with E-state index < -0.39 is 5.91 Å². The topological polar surface area (TPSA) is 97.8 Å². The number of amides is 1. The second-order valence-corrected chi connectivity index (χ2v) is 5.94. The molecule has 8 nitrogen and oxygen atoms in total. The molecule has 0 atom stereocenters. The summed E-state index contributed by atoms with van der Waals surface area (Å²) in [7, 11) is 3.18. The largest absolute Gasteiger partial charge is 0.497 e. The zero-order valence-electron chi connectivity index (χ0n) is 16.4. The van der Waals surface area contributed by atoms with Crippen molar-refractivity contribution in [3.8, 4) is 28.5 Å². The average molecular weight is 394 g/mol. The number of carbonyl (C=O) groups is 1. The molecule has 2 N–H and O–H groups in total. The van der Waals surface area contributed by atoms with Crippen molar-refractivity contribution in [3.05, 3.63) is 59.8 Å². The quantitative estimate of drug-likeness (QED) is 0.451. The maximum absolute atomic E-state index is 12.3. The smallest absolute Gasteiger partial charge is 0.289 e. The van der Waals surface area contributed by atoms with Crippen LogP contribution in [0.1, 0.15) is 23.0 Å². The van der Waals surface area contributed by atoms with Gasteiger partial charge in [-0.3, -0.25) is 9.89 Å². The van der Waals surface area contributed by atoms with Gasteiger partial charge in [-0.1, -0.05) is 0 Å². The first-order chi connectivity index (χ1) is 14.1. The molecule has 0 spiro atoms. The Hall–Kier alpha value is -3.81. The van der Waals surface area contributed by atoms with Crippen LogP contribution >= 0.6 is 0 Å². The first-order valence-corrected chi connectivity index (χ1v) is 8.98. The second kappa shape index (κ2) is 9.41. The Bertz CT molecular complexity index is 996. The van der Waals surface area contributed by atoms with Gasteiger partial charge in [0.15, 0.2) is 11.5 Å². The Morgan fingerprint density at radius 1 is 1.10 bits per heavy atom. The van der Waals surface area contributed by atoms with Crippen molar-refractivity contribution in [2.75, 3.05) is 20.8 Å². The Morgan fingerprint density at radius 3 is 2.59 bits per heavy atom. The Morgan fingerprint density at radius 2 is 1.90 bits per heavy atom. The third kappa shape index (κ3) is 4.92. The number of H-pyrrole nitrogens is 1. The number of nitrogens with one attached hydrogen (secondary N) is 2. The van der Waals surface area contributed by atoms with E-state index in [0.29, 0.717) is 29.5 Å². The highest BCUT2D eigenvalue weighted by atomic mass is 16.5. The molecular formula is C21H22N4O4. The molecule has 1 amide bonds. The average Bonchev–Trinajstić information content (AvgIpc) is 3.25. The molecule has 0 saturated heterocycles. The highest BCUT2D eigenvalue weighted by Gasteiger charge is 2.13. The molecule has 0 aliphatic carbocycles. The van der Waals surface area contributed by atoms with Gasteiger partial charge in [-0.25, -0.2) is 5.43 Å². The van der Waals surface area contributed by atoms with Crippen molar-refractivity contribution in [2.24, 2.45) is 5.10 Å². The van der Waals surface area contributed by atoms with Crippen LogP contribution in [0.5, 0.6) is 17.2 Å². The lowest BCUT2D eigenvalue weighted by Crippen LogP contribution is -2.17. The predicted molar refractivity (Wildman–Crippen MR) is 110 cm³/mol. The molecule has 0 saturated carbocycles. The molecule has 1 heterocycles. The van der Waals surface area contributed by atoms with Crippen LogP contribution in [0.25, 0.3) is 11.3 Å². The van der Waals surface area contributed by atoms with Gasteiger partial charge in [0, 0.05) is 5.56 Å².